The summed E-state index contributed by atoms with van der Waals surface area (Å²) in [4.78, 5) is 52.4. The van der Waals surface area contributed by atoms with Crippen molar-refractivity contribution in [2.75, 3.05) is 13.2 Å². The molecule has 0 bridgehead atoms. The van der Waals surface area contributed by atoms with Crippen LogP contribution in [0.2, 0.25) is 0 Å². The molecule has 1 rings (SSSR count). The number of primary amides is 1. The average Bonchev–Trinajstić information content (AvgIpc) is 2.75. The molecule has 4 amide bonds. The summed E-state index contributed by atoms with van der Waals surface area (Å²) in [7, 11) is 0. The van der Waals surface area contributed by atoms with Gasteiger partial charge >= 0.3 is 6.09 Å². The quantitative estimate of drug-likeness (QED) is 0.322. The SMILES string of the molecule is CCCC(C)NC(=O)C(c1ccc(C)cc1)N(CCO)C(=O)C(CCC(N)=O)NC(=O)OC(C)(C)C. The summed E-state index contributed by atoms with van der Waals surface area (Å²) >= 11 is 0. The summed E-state index contributed by atoms with van der Waals surface area (Å²) in [6, 6.07) is 4.76. The Hall–Kier alpha value is -3.14. The molecule has 3 atom stereocenters. The van der Waals surface area contributed by atoms with Crippen LogP contribution in [0.1, 0.15) is 77.5 Å². The van der Waals surface area contributed by atoms with Crippen LogP contribution in [-0.2, 0) is 19.1 Å². The maximum absolute atomic E-state index is 13.8. The highest BCUT2D eigenvalue weighted by molar-refractivity contribution is 5.92. The van der Waals surface area contributed by atoms with E-state index >= 15 is 0 Å². The average molecular weight is 507 g/mol. The number of aliphatic hydroxyl groups excluding tert-OH is 1. The van der Waals surface area contributed by atoms with Crippen LogP contribution in [-0.4, -0.2) is 64.7 Å². The first kappa shape index (κ1) is 30.9. The summed E-state index contributed by atoms with van der Waals surface area (Å²) in [6.45, 7) is 10.2. The molecule has 0 aliphatic heterocycles. The van der Waals surface area contributed by atoms with Gasteiger partial charge in [0.1, 0.15) is 17.7 Å². The maximum Gasteiger partial charge on any atom is 0.408 e. The van der Waals surface area contributed by atoms with E-state index in [9.17, 15) is 24.3 Å². The van der Waals surface area contributed by atoms with Crippen LogP contribution in [0.4, 0.5) is 4.79 Å². The fraction of sp³-hybridized carbons (Fsp3) is 0.615. The van der Waals surface area contributed by atoms with Gasteiger partial charge in [0.25, 0.3) is 0 Å². The van der Waals surface area contributed by atoms with Gasteiger partial charge in [-0.15, -0.1) is 0 Å². The number of carbonyl (C=O) groups is 4. The van der Waals surface area contributed by atoms with E-state index in [1.807, 2.05) is 32.9 Å². The number of hydrogen-bond acceptors (Lipinski definition) is 6. The second-order valence-corrected chi connectivity index (χ2v) is 9.97. The van der Waals surface area contributed by atoms with Gasteiger partial charge in [0.05, 0.1) is 6.61 Å². The van der Waals surface area contributed by atoms with Crippen molar-refractivity contribution < 1.29 is 29.0 Å². The van der Waals surface area contributed by atoms with Crippen molar-refractivity contribution in [2.45, 2.75) is 91.0 Å². The molecular weight excluding hydrogens is 464 g/mol. The number of rotatable bonds is 13. The lowest BCUT2D eigenvalue weighted by Crippen LogP contribution is -2.54. The van der Waals surface area contributed by atoms with E-state index in [4.69, 9.17) is 10.5 Å². The molecule has 1 aromatic carbocycles. The molecule has 5 N–H and O–H groups in total. The lowest BCUT2D eigenvalue weighted by Gasteiger charge is -2.34. The minimum atomic E-state index is -1.20. The number of alkyl carbamates (subject to hydrolysis) is 1. The highest BCUT2D eigenvalue weighted by Gasteiger charge is 2.36. The summed E-state index contributed by atoms with van der Waals surface area (Å²) in [5.74, 6) is -1.69. The minimum absolute atomic E-state index is 0.0934. The van der Waals surface area contributed by atoms with E-state index in [1.165, 1.54) is 4.90 Å². The molecule has 0 fully saturated rings. The molecule has 0 saturated heterocycles. The van der Waals surface area contributed by atoms with Gasteiger partial charge in [-0.3, -0.25) is 14.4 Å². The Balaban J connectivity index is 3.41. The van der Waals surface area contributed by atoms with Crippen molar-refractivity contribution >= 4 is 23.8 Å². The van der Waals surface area contributed by atoms with Gasteiger partial charge in [0.15, 0.2) is 0 Å². The third-order valence-corrected chi connectivity index (χ3v) is 5.36. The third kappa shape index (κ3) is 10.6. The molecule has 0 heterocycles. The van der Waals surface area contributed by atoms with E-state index in [0.29, 0.717) is 5.56 Å². The van der Waals surface area contributed by atoms with Gasteiger partial charge < -0.3 is 31.1 Å². The van der Waals surface area contributed by atoms with Crippen molar-refractivity contribution in [3.8, 4) is 0 Å². The van der Waals surface area contributed by atoms with E-state index in [-0.39, 0.29) is 25.4 Å². The number of benzene rings is 1. The van der Waals surface area contributed by atoms with Gasteiger partial charge in [-0.05, 0) is 53.0 Å². The number of carbonyl (C=O) groups excluding carboxylic acids is 4. The largest absolute Gasteiger partial charge is 0.444 e. The molecule has 10 heteroatoms. The summed E-state index contributed by atoms with van der Waals surface area (Å²) in [6.07, 6.45) is 0.507. The fourth-order valence-electron chi connectivity index (χ4n) is 3.72. The number of ether oxygens (including phenoxy) is 1. The first-order valence-corrected chi connectivity index (χ1v) is 12.3. The highest BCUT2D eigenvalue weighted by Crippen LogP contribution is 2.24. The molecule has 0 aromatic heterocycles. The number of nitrogens with one attached hydrogen (secondary N) is 2. The smallest absolute Gasteiger partial charge is 0.408 e. The Kier molecular flexibility index (Phi) is 12.4. The Morgan fingerprint density at radius 1 is 1.08 bits per heavy atom. The normalized spacial score (nSPS) is 13.8. The zero-order valence-electron chi connectivity index (χ0n) is 22.3. The maximum atomic E-state index is 13.8. The molecule has 0 spiro atoms. The molecule has 202 valence electrons. The Morgan fingerprint density at radius 3 is 2.19 bits per heavy atom. The molecule has 0 aliphatic carbocycles. The van der Waals surface area contributed by atoms with Crippen molar-refractivity contribution in [1.82, 2.24) is 15.5 Å². The summed E-state index contributed by atoms with van der Waals surface area (Å²) in [5, 5.41) is 15.3. The Bertz CT molecular complexity index is 881. The van der Waals surface area contributed by atoms with E-state index in [0.717, 1.165) is 18.4 Å². The molecule has 1 aromatic rings. The predicted molar refractivity (Wildman–Crippen MR) is 137 cm³/mol. The summed E-state index contributed by atoms with van der Waals surface area (Å²) < 4.78 is 5.28. The molecule has 0 aliphatic rings. The first-order valence-electron chi connectivity index (χ1n) is 12.3. The van der Waals surface area contributed by atoms with Crippen LogP contribution in [0.3, 0.4) is 0 Å². The van der Waals surface area contributed by atoms with Crippen molar-refractivity contribution in [1.29, 1.82) is 0 Å². The minimum Gasteiger partial charge on any atom is -0.444 e. The molecule has 3 unspecified atom stereocenters. The van der Waals surface area contributed by atoms with Crippen molar-refractivity contribution in [3.05, 3.63) is 35.4 Å². The zero-order valence-corrected chi connectivity index (χ0v) is 22.3. The molecule has 0 saturated carbocycles. The van der Waals surface area contributed by atoms with Gasteiger partial charge in [-0.25, -0.2) is 4.79 Å². The standard InChI is InChI=1S/C26H42N4O6/c1-7-8-18(3)28-23(33)22(19-11-9-17(2)10-12-19)30(15-16-31)24(34)20(13-14-21(27)32)29-25(35)36-26(4,5)6/h9-12,18,20,22,31H,7-8,13-16H2,1-6H3,(H2,27,32)(H,28,33)(H,29,35). The van der Waals surface area contributed by atoms with E-state index < -0.39 is 48.1 Å². The molecule has 36 heavy (non-hydrogen) atoms. The highest BCUT2D eigenvalue weighted by atomic mass is 16.6. The van der Waals surface area contributed by atoms with E-state index in [2.05, 4.69) is 10.6 Å². The Labute approximate surface area is 213 Å². The van der Waals surface area contributed by atoms with Crippen LogP contribution in [0, 0.1) is 6.92 Å². The molecule has 10 nitrogen and oxygen atoms in total. The molecular formula is C26H42N4O6. The number of amides is 4. The fourth-order valence-corrected chi connectivity index (χ4v) is 3.72. The lowest BCUT2D eigenvalue weighted by atomic mass is 10.00. The number of nitrogens with zero attached hydrogens (tertiary/aromatic N) is 1. The predicted octanol–water partition coefficient (Wildman–Crippen LogP) is 2.32. The first-order chi connectivity index (χ1) is 16.8. The number of nitrogens with two attached hydrogens (primary N) is 1. The van der Waals surface area contributed by atoms with Gasteiger partial charge in [0, 0.05) is 19.0 Å². The zero-order chi connectivity index (χ0) is 27.5. The van der Waals surface area contributed by atoms with Crippen LogP contribution in [0.25, 0.3) is 0 Å². The van der Waals surface area contributed by atoms with Crippen molar-refractivity contribution in [3.63, 3.8) is 0 Å². The van der Waals surface area contributed by atoms with Crippen LogP contribution in [0.15, 0.2) is 24.3 Å². The topological polar surface area (TPSA) is 151 Å². The van der Waals surface area contributed by atoms with Crippen LogP contribution >= 0.6 is 0 Å². The Morgan fingerprint density at radius 2 is 1.69 bits per heavy atom. The van der Waals surface area contributed by atoms with Crippen molar-refractivity contribution in [2.24, 2.45) is 5.73 Å². The molecule has 0 radical (unpaired) electrons. The van der Waals surface area contributed by atoms with Crippen LogP contribution in [0.5, 0.6) is 0 Å². The summed E-state index contributed by atoms with van der Waals surface area (Å²) in [5.41, 5.74) is 6.00. The number of aliphatic hydroxyl groups is 1. The van der Waals surface area contributed by atoms with Crippen LogP contribution < -0.4 is 16.4 Å². The number of aryl methyl sites for hydroxylation is 1. The van der Waals surface area contributed by atoms with Gasteiger partial charge in [0.2, 0.25) is 17.7 Å². The van der Waals surface area contributed by atoms with Gasteiger partial charge in [-0.1, -0.05) is 43.2 Å². The number of hydrogen-bond donors (Lipinski definition) is 4. The van der Waals surface area contributed by atoms with E-state index in [1.54, 1.807) is 32.9 Å². The monoisotopic (exact) mass is 506 g/mol. The van der Waals surface area contributed by atoms with Gasteiger partial charge in [-0.2, -0.15) is 0 Å². The second-order valence-electron chi connectivity index (χ2n) is 9.97. The third-order valence-electron chi connectivity index (χ3n) is 5.36. The second kappa shape index (κ2) is 14.4. The lowest BCUT2D eigenvalue weighted by molar-refractivity contribution is -0.143.